The van der Waals surface area contributed by atoms with Crippen molar-refractivity contribution >= 4 is 11.6 Å². The molecule has 0 N–H and O–H groups in total. The molecule has 1 fully saturated rings. The van der Waals surface area contributed by atoms with E-state index < -0.39 is 0 Å². The highest BCUT2D eigenvalue weighted by molar-refractivity contribution is 5.75. The minimum Gasteiger partial charge on any atom is -0.356 e. The largest absolute Gasteiger partial charge is 0.356 e. The fourth-order valence-corrected chi connectivity index (χ4v) is 3.20. The molecule has 0 atom stereocenters. The van der Waals surface area contributed by atoms with Crippen LogP contribution < -0.4 is 4.90 Å². The lowest BCUT2D eigenvalue weighted by Gasteiger charge is -2.32. The average Bonchev–Trinajstić information content (AvgIpc) is 2.58. The zero-order chi connectivity index (χ0) is 17.1. The van der Waals surface area contributed by atoms with Gasteiger partial charge in [-0.2, -0.15) is 0 Å². The Kier molecular flexibility index (Phi) is 4.88. The van der Waals surface area contributed by atoms with Crippen LogP contribution in [0.25, 0.3) is 11.3 Å². The number of halogens is 1. The maximum Gasteiger partial charge on any atom is 0.132 e. The van der Waals surface area contributed by atoms with Crippen molar-refractivity contribution in [1.82, 2.24) is 9.97 Å². The number of aromatic nitrogens is 2. The maximum atomic E-state index is 13.8. The number of benzene rings is 1. The quantitative estimate of drug-likeness (QED) is 0.857. The van der Waals surface area contributed by atoms with E-state index in [0.29, 0.717) is 17.9 Å². The van der Waals surface area contributed by atoms with Crippen molar-refractivity contribution in [2.24, 2.45) is 5.92 Å². The molecule has 24 heavy (non-hydrogen) atoms. The van der Waals surface area contributed by atoms with Gasteiger partial charge in [0.05, 0.1) is 5.69 Å². The van der Waals surface area contributed by atoms with Gasteiger partial charge in [0.1, 0.15) is 23.7 Å². The van der Waals surface area contributed by atoms with Gasteiger partial charge < -0.3 is 9.69 Å². The lowest BCUT2D eigenvalue weighted by molar-refractivity contribution is -0.118. The monoisotopic (exact) mass is 327 g/mol. The normalized spacial score (nSPS) is 15.5. The molecule has 1 aliphatic rings. The van der Waals surface area contributed by atoms with Gasteiger partial charge in [-0.25, -0.2) is 14.4 Å². The van der Waals surface area contributed by atoms with Crippen LogP contribution in [-0.2, 0) is 4.79 Å². The van der Waals surface area contributed by atoms with Gasteiger partial charge in [-0.1, -0.05) is 12.1 Å². The highest BCUT2D eigenvalue weighted by Gasteiger charge is 2.21. The molecule has 1 aliphatic heterocycles. The first-order chi connectivity index (χ1) is 11.5. The SMILES string of the molecule is CC(=O)CC1CCN(c2cc(-c3ccc(C)c(F)c3)ncn2)CC1. The van der Waals surface area contributed by atoms with Crippen molar-refractivity contribution in [3.05, 3.63) is 42.0 Å². The fraction of sp³-hybridized carbons (Fsp3) is 0.421. The Hall–Kier alpha value is -2.30. The predicted octanol–water partition coefficient (Wildman–Crippen LogP) is 3.79. The van der Waals surface area contributed by atoms with Gasteiger partial charge >= 0.3 is 0 Å². The Morgan fingerprint density at radius 1 is 1.25 bits per heavy atom. The van der Waals surface area contributed by atoms with Crippen LogP contribution in [-0.4, -0.2) is 28.8 Å². The molecule has 0 amide bonds. The molecule has 0 spiro atoms. The fourth-order valence-electron chi connectivity index (χ4n) is 3.20. The Labute approximate surface area is 141 Å². The second-order valence-electron chi connectivity index (χ2n) is 6.56. The molecule has 1 aromatic carbocycles. The van der Waals surface area contributed by atoms with E-state index in [-0.39, 0.29) is 11.6 Å². The molecule has 3 rings (SSSR count). The van der Waals surface area contributed by atoms with Crippen LogP contribution in [0.5, 0.6) is 0 Å². The minimum absolute atomic E-state index is 0.224. The van der Waals surface area contributed by atoms with E-state index in [1.54, 1.807) is 19.9 Å². The van der Waals surface area contributed by atoms with Crippen LogP contribution in [0.15, 0.2) is 30.6 Å². The first kappa shape index (κ1) is 16.6. The van der Waals surface area contributed by atoms with E-state index in [2.05, 4.69) is 14.9 Å². The number of anilines is 1. The number of hydrogen-bond acceptors (Lipinski definition) is 4. The molecule has 126 valence electrons. The number of ketones is 1. The number of nitrogens with zero attached hydrogens (tertiary/aromatic N) is 3. The van der Waals surface area contributed by atoms with E-state index >= 15 is 0 Å². The number of rotatable bonds is 4. The molecule has 0 saturated carbocycles. The van der Waals surface area contributed by atoms with E-state index in [4.69, 9.17) is 0 Å². The maximum absolute atomic E-state index is 13.8. The molecule has 0 aliphatic carbocycles. The number of carbonyl (C=O) groups is 1. The summed E-state index contributed by atoms with van der Waals surface area (Å²) in [5.74, 6) is 1.38. The van der Waals surface area contributed by atoms with Gasteiger partial charge in [0.25, 0.3) is 0 Å². The smallest absolute Gasteiger partial charge is 0.132 e. The molecule has 0 radical (unpaired) electrons. The van der Waals surface area contributed by atoms with Crippen LogP contribution >= 0.6 is 0 Å². The summed E-state index contributed by atoms with van der Waals surface area (Å²) in [5, 5.41) is 0. The van der Waals surface area contributed by atoms with Crippen molar-refractivity contribution in [2.45, 2.75) is 33.1 Å². The number of Topliss-reactive ketones (excluding diaryl/α,β-unsaturated/α-hetero) is 1. The third-order valence-electron chi connectivity index (χ3n) is 4.63. The van der Waals surface area contributed by atoms with E-state index in [1.165, 1.54) is 12.4 Å². The highest BCUT2D eigenvalue weighted by atomic mass is 19.1. The van der Waals surface area contributed by atoms with Crippen LogP contribution in [0.4, 0.5) is 10.2 Å². The van der Waals surface area contributed by atoms with Gasteiger partial charge in [-0.05, 0) is 44.2 Å². The summed E-state index contributed by atoms with van der Waals surface area (Å²) >= 11 is 0. The van der Waals surface area contributed by atoms with E-state index in [9.17, 15) is 9.18 Å². The molecule has 4 nitrogen and oxygen atoms in total. The molecule has 5 heteroatoms. The zero-order valence-corrected chi connectivity index (χ0v) is 14.1. The molecule has 1 saturated heterocycles. The Bertz CT molecular complexity index is 739. The van der Waals surface area contributed by atoms with Crippen molar-refractivity contribution in [3.8, 4) is 11.3 Å². The molecule has 0 unspecified atom stereocenters. The second-order valence-corrected chi connectivity index (χ2v) is 6.56. The number of aryl methyl sites for hydroxylation is 1. The molecule has 1 aromatic heterocycles. The van der Waals surface area contributed by atoms with Gasteiger partial charge in [0.15, 0.2) is 0 Å². The van der Waals surface area contributed by atoms with Gasteiger partial charge in [-0.15, -0.1) is 0 Å². The van der Waals surface area contributed by atoms with Crippen molar-refractivity contribution < 1.29 is 9.18 Å². The first-order valence-corrected chi connectivity index (χ1v) is 8.36. The summed E-state index contributed by atoms with van der Waals surface area (Å²) < 4.78 is 13.8. The third-order valence-corrected chi connectivity index (χ3v) is 4.63. The number of carbonyl (C=O) groups excluding carboxylic acids is 1. The van der Waals surface area contributed by atoms with Crippen LogP contribution in [0.2, 0.25) is 0 Å². The Balaban J connectivity index is 1.74. The summed E-state index contributed by atoms with van der Waals surface area (Å²) in [6.45, 7) is 5.17. The van der Waals surface area contributed by atoms with Crippen LogP contribution in [0.1, 0.15) is 31.7 Å². The summed E-state index contributed by atoms with van der Waals surface area (Å²) in [6.07, 6.45) is 4.20. The van der Waals surface area contributed by atoms with Gasteiger partial charge in [-0.3, -0.25) is 0 Å². The van der Waals surface area contributed by atoms with Crippen molar-refractivity contribution in [3.63, 3.8) is 0 Å². The standard InChI is InChI=1S/C19H22FN3O/c1-13-3-4-16(10-17(13)20)18-11-19(22-12-21-18)23-7-5-15(6-8-23)9-14(2)24/h3-4,10-12,15H,5-9H2,1-2H3. The summed E-state index contributed by atoms with van der Waals surface area (Å²) in [6, 6.07) is 7.07. The molecular formula is C19H22FN3O. The number of hydrogen-bond donors (Lipinski definition) is 0. The Morgan fingerprint density at radius 2 is 2.00 bits per heavy atom. The first-order valence-electron chi connectivity index (χ1n) is 8.36. The lowest BCUT2D eigenvalue weighted by Crippen LogP contribution is -2.34. The zero-order valence-electron chi connectivity index (χ0n) is 14.1. The highest BCUT2D eigenvalue weighted by Crippen LogP contribution is 2.27. The van der Waals surface area contributed by atoms with Crippen molar-refractivity contribution in [1.29, 1.82) is 0 Å². The van der Waals surface area contributed by atoms with Crippen LogP contribution in [0.3, 0.4) is 0 Å². The summed E-state index contributed by atoms with van der Waals surface area (Å²) in [5.41, 5.74) is 2.11. The van der Waals surface area contributed by atoms with E-state index in [1.807, 2.05) is 12.1 Å². The number of piperidine rings is 1. The molecular weight excluding hydrogens is 305 g/mol. The summed E-state index contributed by atoms with van der Waals surface area (Å²) in [7, 11) is 0. The predicted molar refractivity (Wildman–Crippen MR) is 92.4 cm³/mol. The average molecular weight is 327 g/mol. The van der Waals surface area contributed by atoms with E-state index in [0.717, 1.165) is 43.0 Å². The van der Waals surface area contributed by atoms with Gasteiger partial charge in [0, 0.05) is 31.1 Å². The molecule has 2 aromatic rings. The third kappa shape index (κ3) is 3.78. The van der Waals surface area contributed by atoms with Crippen molar-refractivity contribution in [2.75, 3.05) is 18.0 Å². The molecule has 2 heterocycles. The Morgan fingerprint density at radius 3 is 2.67 bits per heavy atom. The summed E-state index contributed by atoms with van der Waals surface area (Å²) in [4.78, 5) is 22.1. The van der Waals surface area contributed by atoms with Crippen LogP contribution in [0, 0.1) is 18.7 Å². The topological polar surface area (TPSA) is 46.1 Å². The minimum atomic E-state index is -0.224. The lowest BCUT2D eigenvalue weighted by atomic mass is 9.92. The molecule has 0 bridgehead atoms. The second kappa shape index (κ2) is 7.07. The van der Waals surface area contributed by atoms with Gasteiger partial charge in [0.2, 0.25) is 0 Å².